The molecule has 2 aromatic carbocycles. The quantitative estimate of drug-likeness (QED) is 0.745. The van der Waals surface area contributed by atoms with Crippen LogP contribution in [-0.4, -0.2) is 31.0 Å². The number of benzene rings is 2. The minimum absolute atomic E-state index is 0.0129. The molecule has 1 aliphatic heterocycles. The van der Waals surface area contributed by atoms with Gasteiger partial charge in [-0.1, -0.05) is 6.07 Å². The summed E-state index contributed by atoms with van der Waals surface area (Å²) in [6, 6.07) is 13.8. The molecule has 2 amide bonds. The van der Waals surface area contributed by atoms with Gasteiger partial charge in [0.05, 0.1) is 18.9 Å². The van der Waals surface area contributed by atoms with Gasteiger partial charge in [0.1, 0.15) is 11.9 Å². The third kappa shape index (κ3) is 3.10. The first-order valence-electron chi connectivity index (χ1n) is 10.1. The Kier molecular flexibility index (Phi) is 4.46. The topological polar surface area (TPSA) is 93.7 Å². The molecule has 2 N–H and O–H groups in total. The van der Waals surface area contributed by atoms with E-state index in [0.29, 0.717) is 22.7 Å². The summed E-state index contributed by atoms with van der Waals surface area (Å²) in [7, 11) is 1.57. The maximum absolute atomic E-state index is 12.8. The lowest BCUT2D eigenvalue weighted by Gasteiger charge is -2.23. The molecule has 7 heteroatoms. The molecular formula is C23H22N2O5. The molecule has 30 heavy (non-hydrogen) atoms. The molecule has 5 atom stereocenters. The molecule has 2 bridgehead atoms. The van der Waals surface area contributed by atoms with Gasteiger partial charge in [-0.25, -0.2) is 0 Å². The van der Waals surface area contributed by atoms with Crippen molar-refractivity contribution in [1.82, 2.24) is 0 Å². The van der Waals surface area contributed by atoms with Crippen molar-refractivity contribution in [3.8, 4) is 5.75 Å². The molecule has 0 spiro atoms. The van der Waals surface area contributed by atoms with Crippen LogP contribution in [0.5, 0.6) is 5.75 Å². The first-order chi connectivity index (χ1) is 14.5. The van der Waals surface area contributed by atoms with Crippen molar-refractivity contribution in [3.05, 3.63) is 54.1 Å². The minimum atomic E-state index is -0.322. The molecule has 2 aromatic rings. The van der Waals surface area contributed by atoms with Gasteiger partial charge < -0.3 is 20.1 Å². The minimum Gasteiger partial charge on any atom is -0.497 e. The number of rotatable bonds is 5. The average Bonchev–Trinajstić information content (AvgIpc) is 3.37. The van der Waals surface area contributed by atoms with Crippen LogP contribution in [0.2, 0.25) is 0 Å². The molecular weight excluding hydrogens is 384 g/mol. The lowest BCUT2D eigenvalue weighted by atomic mass is 9.79. The Morgan fingerprint density at radius 1 is 1.03 bits per heavy atom. The van der Waals surface area contributed by atoms with Gasteiger partial charge >= 0.3 is 5.97 Å². The number of carbonyl (C=O) groups excluding carboxylic acids is 3. The number of carbonyl (C=O) groups is 3. The summed E-state index contributed by atoms with van der Waals surface area (Å²) in [5.74, 6) is -0.185. The van der Waals surface area contributed by atoms with Crippen molar-refractivity contribution in [2.24, 2.45) is 23.7 Å². The molecule has 3 fully saturated rings. The molecule has 1 saturated heterocycles. The van der Waals surface area contributed by atoms with E-state index in [9.17, 15) is 14.4 Å². The van der Waals surface area contributed by atoms with Gasteiger partial charge in [-0.15, -0.1) is 0 Å². The molecule has 0 aromatic heterocycles. The van der Waals surface area contributed by atoms with Gasteiger partial charge in [0, 0.05) is 28.9 Å². The van der Waals surface area contributed by atoms with Crippen LogP contribution >= 0.6 is 0 Å². The Morgan fingerprint density at radius 3 is 2.60 bits per heavy atom. The van der Waals surface area contributed by atoms with Crippen molar-refractivity contribution < 1.29 is 23.9 Å². The zero-order chi connectivity index (χ0) is 20.8. The lowest BCUT2D eigenvalue weighted by Crippen LogP contribution is -2.35. The van der Waals surface area contributed by atoms with E-state index in [4.69, 9.17) is 9.47 Å². The summed E-state index contributed by atoms with van der Waals surface area (Å²) >= 11 is 0. The number of ether oxygens (including phenoxy) is 2. The zero-order valence-corrected chi connectivity index (χ0v) is 16.5. The van der Waals surface area contributed by atoms with Crippen molar-refractivity contribution in [2.75, 3.05) is 17.7 Å². The highest BCUT2D eigenvalue weighted by molar-refractivity contribution is 6.05. The summed E-state index contributed by atoms with van der Waals surface area (Å²) in [6.45, 7) is 0. The van der Waals surface area contributed by atoms with Gasteiger partial charge in [0.25, 0.3) is 5.91 Å². The van der Waals surface area contributed by atoms with E-state index in [0.717, 1.165) is 12.8 Å². The molecule has 2 saturated carbocycles. The Bertz CT molecular complexity index is 1020. The van der Waals surface area contributed by atoms with Crippen LogP contribution in [0.4, 0.5) is 11.4 Å². The van der Waals surface area contributed by atoms with E-state index in [2.05, 4.69) is 10.6 Å². The second-order valence-electron chi connectivity index (χ2n) is 8.17. The normalized spacial score (nSPS) is 28.2. The van der Waals surface area contributed by atoms with Crippen LogP contribution in [-0.2, 0) is 14.3 Å². The fraction of sp³-hybridized carbons (Fsp3) is 0.348. The van der Waals surface area contributed by atoms with Crippen molar-refractivity contribution in [2.45, 2.75) is 18.9 Å². The van der Waals surface area contributed by atoms with Crippen molar-refractivity contribution in [3.63, 3.8) is 0 Å². The zero-order valence-electron chi connectivity index (χ0n) is 16.5. The predicted octanol–water partition coefficient (Wildman–Crippen LogP) is 3.08. The van der Waals surface area contributed by atoms with E-state index in [-0.39, 0.29) is 47.6 Å². The first kappa shape index (κ1) is 18.7. The maximum Gasteiger partial charge on any atom is 0.310 e. The van der Waals surface area contributed by atoms with Crippen LogP contribution in [0.25, 0.3) is 0 Å². The number of anilines is 2. The van der Waals surface area contributed by atoms with Crippen molar-refractivity contribution in [1.29, 1.82) is 0 Å². The largest absolute Gasteiger partial charge is 0.497 e. The average molecular weight is 406 g/mol. The van der Waals surface area contributed by atoms with E-state index in [1.54, 1.807) is 55.6 Å². The SMILES string of the molecule is COc1cccc(NC(=O)c2ccc(NC(=O)[C@@H]3[C@@H]4C[C@H]5[C@H]3C(=O)O[C@H]5C4)cc2)c1. The number of hydrogen-bond donors (Lipinski definition) is 2. The smallest absolute Gasteiger partial charge is 0.310 e. The molecule has 2 aliphatic carbocycles. The fourth-order valence-corrected chi connectivity index (χ4v) is 5.20. The molecule has 5 rings (SSSR count). The van der Waals surface area contributed by atoms with Gasteiger partial charge in [-0.2, -0.15) is 0 Å². The van der Waals surface area contributed by atoms with E-state index in [1.807, 2.05) is 0 Å². The summed E-state index contributed by atoms with van der Waals surface area (Å²) < 4.78 is 10.6. The van der Waals surface area contributed by atoms with Crippen LogP contribution < -0.4 is 15.4 Å². The number of nitrogens with one attached hydrogen (secondary N) is 2. The van der Waals surface area contributed by atoms with Crippen LogP contribution in [0, 0.1) is 23.7 Å². The van der Waals surface area contributed by atoms with Crippen molar-refractivity contribution >= 4 is 29.2 Å². The fourth-order valence-electron chi connectivity index (χ4n) is 5.20. The third-order valence-electron chi connectivity index (χ3n) is 6.53. The van der Waals surface area contributed by atoms with E-state index < -0.39 is 0 Å². The molecule has 0 radical (unpaired) electrons. The van der Waals surface area contributed by atoms with Gasteiger partial charge in [0.15, 0.2) is 0 Å². The number of amides is 2. The highest BCUT2D eigenvalue weighted by atomic mass is 16.6. The number of fused-ring (bicyclic) bond motifs is 1. The number of esters is 1. The highest BCUT2D eigenvalue weighted by Gasteiger charge is 2.63. The van der Waals surface area contributed by atoms with Gasteiger partial charge in [-0.3, -0.25) is 14.4 Å². The second kappa shape index (κ2) is 7.16. The van der Waals surface area contributed by atoms with E-state index in [1.165, 1.54) is 0 Å². The summed E-state index contributed by atoms with van der Waals surface area (Å²) in [6.07, 6.45) is 1.69. The predicted molar refractivity (Wildman–Crippen MR) is 109 cm³/mol. The van der Waals surface area contributed by atoms with Gasteiger partial charge in [0.2, 0.25) is 5.91 Å². The monoisotopic (exact) mass is 406 g/mol. The molecule has 154 valence electrons. The lowest BCUT2D eigenvalue weighted by molar-refractivity contribution is -0.145. The third-order valence-corrected chi connectivity index (χ3v) is 6.53. The Balaban J connectivity index is 1.23. The van der Waals surface area contributed by atoms with Gasteiger partial charge in [-0.05, 0) is 55.2 Å². The highest BCUT2D eigenvalue weighted by Crippen LogP contribution is 2.57. The molecule has 7 nitrogen and oxygen atoms in total. The summed E-state index contributed by atoms with van der Waals surface area (Å²) in [5, 5.41) is 5.73. The Hall–Kier alpha value is -3.35. The summed E-state index contributed by atoms with van der Waals surface area (Å²) in [5.41, 5.74) is 1.70. The first-order valence-corrected chi connectivity index (χ1v) is 10.1. The Morgan fingerprint density at radius 2 is 1.83 bits per heavy atom. The van der Waals surface area contributed by atoms with E-state index >= 15 is 0 Å². The number of hydrogen-bond acceptors (Lipinski definition) is 5. The standard InChI is InChI=1S/C23H22N2O5/c1-29-16-4-2-3-15(11-16)25-21(26)12-5-7-14(8-6-12)24-22(27)19-13-9-17-18(10-13)30-23(28)20(17)19/h2-8,11,13,17-20H,9-10H2,1H3,(H,24,27)(H,25,26)/t13-,17-,18+,19-,20-/m1/s1. The molecule has 1 heterocycles. The molecule has 0 unspecified atom stereocenters. The maximum atomic E-state index is 12.8. The number of methoxy groups -OCH3 is 1. The summed E-state index contributed by atoms with van der Waals surface area (Å²) in [4.78, 5) is 37.4. The Labute approximate surface area is 173 Å². The molecule has 3 aliphatic rings. The van der Waals surface area contributed by atoms with Crippen LogP contribution in [0.1, 0.15) is 23.2 Å². The van der Waals surface area contributed by atoms with Crippen LogP contribution in [0.3, 0.4) is 0 Å². The second-order valence-corrected chi connectivity index (χ2v) is 8.17. The van der Waals surface area contributed by atoms with Crippen LogP contribution in [0.15, 0.2) is 48.5 Å².